The molecule has 6 nitrogen and oxygen atoms in total. The quantitative estimate of drug-likeness (QED) is 0.626. The Labute approximate surface area is 165 Å². The monoisotopic (exact) mass is 400 g/mol. The Kier molecular flexibility index (Phi) is 5.23. The predicted octanol–water partition coefficient (Wildman–Crippen LogP) is 4.00. The highest BCUT2D eigenvalue weighted by atomic mass is 32.1. The normalized spacial score (nSPS) is 12.2. The molecule has 0 N–H and O–H groups in total. The van der Waals surface area contributed by atoms with Crippen molar-refractivity contribution in [1.29, 1.82) is 0 Å². The summed E-state index contributed by atoms with van der Waals surface area (Å²) in [5.74, 6) is 0.672. The van der Waals surface area contributed by atoms with Gasteiger partial charge in [-0.05, 0) is 42.0 Å². The maximum absolute atomic E-state index is 13.4. The molecule has 0 saturated heterocycles. The molecule has 0 saturated carbocycles. The summed E-state index contributed by atoms with van der Waals surface area (Å²) in [6.45, 7) is 0.801. The summed E-state index contributed by atoms with van der Waals surface area (Å²) in [7, 11) is 1.58. The van der Waals surface area contributed by atoms with E-state index in [1.807, 2.05) is 18.2 Å². The Hall–Kier alpha value is -2.97. The Morgan fingerprint density at radius 2 is 2.00 bits per heavy atom. The van der Waals surface area contributed by atoms with Crippen LogP contribution in [0.4, 0.5) is 10.1 Å². The smallest absolute Gasteiger partial charge is 0.278 e. The van der Waals surface area contributed by atoms with Crippen LogP contribution >= 0.6 is 11.3 Å². The number of hydrogen-bond donors (Lipinski definition) is 0. The lowest BCUT2D eigenvalue weighted by Crippen LogP contribution is -2.30. The Balaban J connectivity index is 1.65. The highest BCUT2D eigenvalue weighted by Crippen LogP contribution is 2.33. The van der Waals surface area contributed by atoms with Crippen molar-refractivity contribution in [3.05, 3.63) is 69.9 Å². The lowest BCUT2D eigenvalue weighted by Gasteiger charge is -2.22. The molecule has 1 amide bonds. The summed E-state index contributed by atoms with van der Waals surface area (Å²) in [6.07, 6.45) is 0. The van der Waals surface area contributed by atoms with Gasteiger partial charge in [0.2, 0.25) is 6.79 Å². The van der Waals surface area contributed by atoms with Crippen molar-refractivity contribution in [2.24, 2.45) is 0 Å². The largest absolute Gasteiger partial charge is 0.454 e. The number of amides is 1. The third kappa shape index (κ3) is 3.83. The van der Waals surface area contributed by atoms with Crippen LogP contribution in [0.25, 0.3) is 0 Å². The van der Waals surface area contributed by atoms with Gasteiger partial charge in [0.05, 0.1) is 13.2 Å². The fraction of sp³-hybridized carbons (Fsp3) is 0.200. The molecule has 144 valence electrons. The second-order valence-corrected chi connectivity index (χ2v) is 7.06. The van der Waals surface area contributed by atoms with Gasteiger partial charge in [-0.25, -0.2) is 9.37 Å². The number of carbonyl (C=O) groups excluding carboxylic acids is 1. The number of aromatic nitrogens is 1. The number of anilines is 1. The summed E-state index contributed by atoms with van der Waals surface area (Å²) in [5.41, 5.74) is 1.75. The van der Waals surface area contributed by atoms with Gasteiger partial charge in [0, 0.05) is 18.2 Å². The van der Waals surface area contributed by atoms with E-state index in [2.05, 4.69) is 4.98 Å². The van der Waals surface area contributed by atoms with Crippen molar-refractivity contribution in [3.8, 4) is 11.5 Å². The zero-order valence-corrected chi connectivity index (χ0v) is 15.9. The maximum atomic E-state index is 13.4. The summed E-state index contributed by atoms with van der Waals surface area (Å²) in [6, 6.07) is 11.3. The van der Waals surface area contributed by atoms with E-state index in [1.54, 1.807) is 29.5 Å². The molecule has 1 aliphatic heterocycles. The van der Waals surface area contributed by atoms with E-state index in [0.29, 0.717) is 34.5 Å². The van der Waals surface area contributed by atoms with Crippen LogP contribution in [0.2, 0.25) is 0 Å². The minimum Gasteiger partial charge on any atom is -0.454 e. The lowest BCUT2D eigenvalue weighted by molar-refractivity contribution is 0.0980. The van der Waals surface area contributed by atoms with Crippen molar-refractivity contribution in [2.75, 3.05) is 18.8 Å². The fourth-order valence-corrected chi connectivity index (χ4v) is 3.60. The second kappa shape index (κ2) is 7.95. The molecule has 0 atom stereocenters. The molecule has 4 rings (SSSR count). The van der Waals surface area contributed by atoms with Crippen LogP contribution in [0.5, 0.6) is 11.5 Å². The van der Waals surface area contributed by atoms with E-state index in [4.69, 9.17) is 14.2 Å². The first kappa shape index (κ1) is 18.4. The van der Waals surface area contributed by atoms with Crippen molar-refractivity contribution in [3.63, 3.8) is 0 Å². The van der Waals surface area contributed by atoms with Crippen LogP contribution in [-0.2, 0) is 17.9 Å². The predicted molar refractivity (Wildman–Crippen MR) is 102 cm³/mol. The Bertz CT molecular complexity index is 990. The summed E-state index contributed by atoms with van der Waals surface area (Å²) in [4.78, 5) is 19.1. The van der Waals surface area contributed by atoms with Crippen LogP contribution in [-0.4, -0.2) is 24.8 Å². The molecule has 0 fully saturated rings. The number of methoxy groups -OCH3 is 1. The standard InChI is InChI=1S/C20H17FN2O4S/c1-25-10-19-22-16(11-28-19)20(24)23(15-5-3-14(21)4-6-15)9-13-2-7-17-18(8-13)27-12-26-17/h2-8,11H,9-10,12H2,1H3. The van der Waals surface area contributed by atoms with E-state index in [1.165, 1.54) is 23.5 Å². The number of thiazole rings is 1. The Morgan fingerprint density at radius 3 is 2.79 bits per heavy atom. The topological polar surface area (TPSA) is 60.9 Å². The molecular weight excluding hydrogens is 383 g/mol. The molecule has 0 bridgehead atoms. The number of nitrogens with zero attached hydrogens (tertiary/aromatic N) is 2. The highest BCUT2D eigenvalue weighted by molar-refractivity contribution is 7.09. The molecule has 0 unspecified atom stereocenters. The van der Waals surface area contributed by atoms with Crippen molar-refractivity contribution in [2.45, 2.75) is 13.2 Å². The number of hydrogen-bond acceptors (Lipinski definition) is 6. The third-order valence-electron chi connectivity index (χ3n) is 4.20. The molecule has 28 heavy (non-hydrogen) atoms. The average Bonchev–Trinajstić information content (AvgIpc) is 3.36. The van der Waals surface area contributed by atoms with Crippen LogP contribution < -0.4 is 14.4 Å². The number of carbonyl (C=O) groups is 1. The van der Waals surface area contributed by atoms with Crippen LogP contribution in [0.15, 0.2) is 47.8 Å². The molecule has 3 aromatic rings. The van der Waals surface area contributed by atoms with Gasteiger partial charge in [-0.15, -0.1) is 11.3 Å². The van der Waals surface area contributed by atoms with Crippen LogP contribution in [0.1, 0.15) is 21.1 Å². The molecule has 2 heterocycles. The Morgan fingerprint density at radius 1 is 1.21 bits per heavy atom. The highest BCUT2D eigenvalue weighted by Gasteiger charge is 2.22. The molecule has 0 aliphatic carbocycles. The molecular formula is C20H17FN2O4S. The van der Waals surface area contributed by atoms with Gasteiger partial charge in [0.1, 0.15) is 16.5 Å². The second-order valence-electron chi connectivity index (χ2n) is 6.11. The number of fused-ring (bicyclic) bond motifs is 1. The summed E-state index contributed by atoms with van der Waals surface area (Å²) < 4.78 is 29.2. The first-order valence-electron chi connectivity index (χ1n) is 8.53. The summed E-state index contributed by atoms with van der Waals surface area (Å²) in [5, 5.41) is 2.42. The lowest BCUT2D eigenvalue weighted by atomic mass is 10.1. The first-order valence-corrected chi connectivity index (χ1v) is 9.41. The molecule has 8 heteroatoms. The molecule has 0 spiro atoms. The minimum absolute atomic E-state index is 0.181. The third-order valence-corrected chi connectivity index (χ3v) is 5.02. The fourth-order valence-electron chi connectivity index (χ4n) is 2.86. The van der Waals surface area contributed by atoms with Gasteiger partial charge in [0.15, 0.2) is 11.5 Å². The zero-order valence-electron chi connectivity index (χ0n) is 15.1. The van der Waals surface area contributed by atoms with Crippen molar-refractivity contribution >= 4 is 22.9 Å². The maximum Gasteiger partial charge on any atom is 0.278 e. The van der Waals surface area contributed by atoms with Gasteiger partial charge in [-0.3, -0.25) is 4.79 Å². The number of rotatable bonds is 6. The number of halogens is 1. The SMILES string of the molecule is COCc1nc(C(=O)N(Cc2ccc3c(c2)OCO3)c2ccc(F)cc2)cs1. The first-order chi connectivity index (χ1) is 13.6. The minimum atomic E-state index is -0.365. The van der Waals surface area contributed by atoms with Crippen molar-refractivity contribution < 1.29 is 23.4 Å². The van der Waals surface area contributed by atoms with Crippen LogP contribution in [0.3, 0.4) is 0 Å². The van der Waals surface area contributed by atoms with E-state index >= 15 is 0 Å². The molecule has 0 radical (unpaired) electrons. The van der Waals surface area contributed by atoms with E-state index in [-0.39, 0.29) is 25.1 Å². The van der Waals surface area contributed by atoms with E-state index < -0.39 is 0 Å². The van der Waals surface area contributed by atoms with E-state index in [0.717, 1.165) is 5.56 Å². The molecule has 1 aromatic heterocycles. The van der Waals surface area contributed by atoms with Crippen molar-refractivity contribution in [1.82, 2.24) is 4.98 Å². The molecule has 2 aromatic carbocycles. The number of ether oxygens (including phenoxy) is 3. The number of benzene rings is 2. The van der Waals surface area contributed by atoms with Crippen LogP contribution in [0, 0.1) is 5.82 Å². The van der Waals surface area contributed by atoms with Gasteiger partial charge in [-0.1, -0.05) is 6.07 Å². The van der Waals surface area contributed by atoms with Gasteiger partial charge < -0.3 is 19.1 Å². The summed E-state index contributed by atoms with van der Waals surface area (Å²) >= 11 is 1.36. The molecule has 1 aliphatic rings. The van der Waals surface area contributed by atoms with E-state index in [9.17, 15) is 9.18 Å². The zero-order chi connectivity index (χ0) is 19.5. The average molecular weight is 400 g/mol. The van der Waals surface area contributed by atoms with Gasteiger partial charge in [0.25, 0.3) is 5.91 Å². The van der Waals surface area contributed by atoms with Gasteiger partial charge in [-0.2, -0.15) is 0 Å². The van der Waals surface area contributed by atoms with Gasteiger partial charge >= 0.3 is 0 Å².